The molecule has 0 aliphatic heterocycles. The molecule has 0 saturated heterocycles. The van der Waals surface area contributed by atoms with Crippen LogP contribution in [0.1, 0.15) is 25.8 Å². The van der Waals surface area contributed by atoms with Crippen LogP contribution in [0.4, 0.5) is 5.69 Å². The molecule has 1 rings (SSSR count). The molecule has 0 aromatic heterocycles. The van der Waals surface area contributed by atoms with E-state index in [-0.39, 0.29) is 6.61 Å². The van der Waals surface area contributed by atoms with Crippen LogP contribution in [-0.2, 0) is 6.61 Å². The summed E-state index contributed by atoms with van der Waals surface area (Å²) in [6.07, 6.45) is 1.20. The summed E-state index contributed by atoms with van der Waals surface area (Å²) in [5.74, 6) is 0.701. The Morgan fingerprint density at radius 1 is 1.29 bits per heavy atom. The van der Waals surface area contributed by atoms with E-state index in [0.29, 0.717) is 5.92 Å². The third-order valence-corrected chi connectivity index (χ3v) is 2.49. The van der Waals surface area contributed by atoms with E-state index in [1.54, 1.807) is 0 Å². The lowest BCUT2D eigenvalue weighted by atomic mass is 10.1. The fourth-order valence-corrected chi connectivity index (χ4v) is 1.16. The average molecular weight is 193 g/mol. The molecule has 2 heteroatoms. The highest BCUT2D eigenvalue weighted by Crippen LogP contribution is 2.10. The van der Waals surface area contributed by atoms with Gasteiger partial charge >= 0.3 is 0 Å². The van der Waals surface area contributed by atoms with Crippen molar-refractivity contribution >= 4 is 5.69 Å². The summed E-state index contributed by atoms with van der Waals surface area (Å²) in [6, 6.07) is 7.90. The second kappa shape index (κ2) is 5.66. The minimum Gasteiger partial charge on any atom is -0.392 e. The number of aliphatic hydroxyl groups is 1. The Bertz CT molecular complexity index is 256. The van der Waals surface area contributed by atoms with E-state index in [9.17, 15) is 0 Å². The second-order valence-electron chi connectivity index (χ2n) is 3.75. The fourth-order valence-electron chi connectivity index (χ4n) is 1.16. The van der Waals surface area contributed by atoms with Gasteiger partial charge in [-0.25, -0.2) is 0 Å². The van der Waals surface area contributed by atoms with Crippen molar-refractivity contribution < 1.29 is 5.11 Å². The summed E-state index contributed by atoms with van der Waals surface area (Å²) in [7, 11) is 0. The van der Waals surface area contributed by atoms with Crippen molar-refractivity contribution in [2.75, 3.05) is 11.9 Å². The van der Waals surface area contributed by atoms with E-state index >= 15 is 0 Å². The van der Waals surface area contributed by atoms with Gasteiger partial charge in [0.25, 0.3) is 0 Å². The van der Waals surface area contributed by atoms with E-state index in [4.69, 9.17) is 5.11 Å². The van der Waals surface area contributed by atoms with Crippen LogP contribution in [0, 0.1) is 5.92 Å². The average Bonchev–Trinajstić information content (AvgIpc) is 2.26. The molecule has 78 valence electrons. The molecule has 1 atom stereocenters. The van der Waals surface area contributed by atoms with Gasteiger partial charge in [0.2, 0.25) is 0 Å². The van der Waals surface area contributed by atoms with Gasteiger partial charge in [-0.15, -0.1) is 0 Å². The molecule has 0 heterocycles. The van der Waals surface area contributed by atoms with Crippen LogP contribution in [0.25, 0.3) is 0 Å². The summed E-state index contributed by atoms with van der Waals surface area (Å²) < 4.78 is 0. The van der Waals surface area contributed by atoms with Gasteiger partial charge < -0.3 is 10.4 Å². The molecule has 1 unspecified atom stereocenters. The Balaban J connectivity index is 2.43. The SMILES string of the molecule is CCC(C)CNc1ccc(CO)cc1. The van der Waals surface area contributed by atoms with E-state index < -0.39 is 0 Å². The summed E-state index contributed by atoms with van der Waals surface area (Å²) >= 11 is 0. The molecule has 0 radical (unpaired) electrons. The normalized spacial score (nSPS) is 12.5. The number of hydrogen-bond acceptors (Lipinski definition) is 2. The van der Waals surface area contributed by atoms with Gasteiger partial charge in [0.05, 0.1) is 6.61 Å². The van der Waals surface area contributed by atoms with Crippen molar-refractivity contribution in [2.24, 2.45) is 5.92 Å². The van der Waals surface area contributed by atoms with Crippen LogP contribution in [-0.4, -0.2) is 11.7 Å². The van der Waals surface area contributed by atoms with Crippen LogP contribution in [0.3, 0.4) is 0 Å². The molecule has 1 aromatic carbocycles. The van der Waals surface area contributed by atoms with Gasteiger partial charge in [0.1, 0.15) is 0 Å². The predicted octanol–water partition coefficient (Wildman–Crippen LogP) is 2.64. The fraction of sp³-hybridized carbons (Fsp3) is 0.500. The molecule has 1 aromatic rings. The number of anilines is 1. The first-order chi connectivity index (χ1) is 6.76. The van der Waals surface area contributed by atoms with Gasteiger partial charge in [0, 0.05) is 12.2 Å². The van der Waals surface area contributed by atoms with E-state index in [1.807, 2.05) is 24.3 Å². The number of benzene rings is 1. The molecular weight excluding hydrogens is 174 g/mol. The Kier molecular flexibility index (Phi) is 4.47. The molecule has 0 amide bonds. The molecule has 0 spiro atoms. The topological polar surface area (TPSA) is 32.3 Å². The smallest absolute Gasteiger partial charge is 0.0681 e. The molecule has 14 heavy (non-hydrogen) atoms. The third-order valence-electron chi connectivity index (χ3n) is 2.49. The first kappa shape index (κ1) is 11.1. The lowest BCUT2D eigenvalue weighted by Crippen LogP contribution is -2.09. The van der Waals surface area contributed by atoms with E-state index in [2.05, 4.69) is 19.2 Å². The van der Waals surface area contributed by atoms with E-state index in [1.165, 1.54) is 6.42 Å². The standard InChI is InChI=1S/C12H19NO/c1-3-10(2)8-13-12-6-4-11(9-14)5-7-12/h4-7,10,13-14H,3,8-9H2,1-2H3. The van der Waals surface area contributed by atoms with Gasteiger partial charge in [-0.05, 0) is 23.6 Å². The summed E-state index contributed by atoms with van der Waals surface area (Å²) in [6.45, 7) is 5.55. The minimum absolute atomic E-state index is 0.117. The zero-order valence-corrected chi connectivity index (χ0v) is 8.96. The highest BCUT2D eigenvalue weighted by Gasteiger charge is 1.98. The zero-order chi connectivity index (χ0) is 10.4. The molecular formula is C12H19NO. The van der Waals surface area contributed by atoms with Crippen LogP contribution in [0.2, 0.25) is 0 Å². The van der Waals surface area contributed by atoms with Gasteiger partial charge in [0.15, 0.2) is 0 Å². The van der Waals surface area contributed by atoms with E-state index in [0.717, 1.165) is 17.8 Å². The molecule has 0 saturated carbocycles. The number of nitrogens with one attached hydrogen (secondary N) is 1. The summed E-state index contributed by atoms with van der Waals surface area (Å²) in [5.41, 5.74) is 2.08. The van der Waals surface area contributed by atoms with Gasteiger partial charge in [-0.2, -0.15) is 0 Å². The molecule has 2 nitrogen and oxygen atoms in total. The molecule has 0 bridgehead atoms. The first-order valence-electron chi connectivity index (χ1n) is 5.20. The molecule has 0 aliphatic rings. The Labute approximate surface area is 86.0 Å². The zero-order valence-electron chi connectivity index (χ0n) is 8.96. The maximum atomic E-state index is 8.86. The Morgan fingerprint density at radius 2 is 1.93 bits per heavy atom. The van der Waals surface area contributed by atoms with Crippen molar-refractivity contribution in [2.45, 2.75) is 26.9 Å². The van der Waals surface area contributed by atoms with Crippen molar-refractivity contribution in [3.63, 3.8) is 0 Å². The van der Waals surface area contributed by atoms with Gasteiger partial charge in [-0.3, -0.25) is 0 Å². The van der Waals surface area contributed by atoms with Crippen LogP contribution < -0.4 is 5.32 Å². The second-order valence-corrected chi connectivity index (χ2v) is 3.75. The van der Waals surface area contributed by atoms with Crippen molar-refractivity contribution in [3.05, 3.63) is 29.8 Å². The quantitative estimate of drug-likeness (QED) is 0.753. The summed E-state index contributed by atoms with van der Waals surface area (Å²) in [5, 5.41) is 12.2. The summed E-state index contributed by atoms with van der Waals surface area (Å²) in [4.78, 5) is 0. The van der Waals surface area contributed by atoms with Crippen molar-refractivity contribution in [3.8, 4) is 0 Å². The Morgan fingerprint density at radius 3 is 2.43 bits per heavy atom. The van der Waals surface area contributed by atoms with Crippen LogP contribution >= 0.6 is 0 Å². The third kappa shape index (κ3) is 3.38. The lowest BCUT2D eigenvalue weighted by molar-refractivity contribution is 0.282. The molecule has 0 aliphatic carbocycles. The maximum absolute atomic E-state index is 8.86. The monoisotopic (exact) mass is 193 g/mol. The first-order valence-corrected chi connectivity index (χ1v) is 5.20. The van der Waals surface area contributed by atoms with Crippen molar-refractivity contribution in [1.29, 1.82) is 0 Å². The maximum Gasteiger partial charge on any atom is 0.0681 e. The highest BCUT2D eigenvalue weighted by molar-refractivity contribution is 5.44. The minimum atomic E-state index is 0.117. The molecule has 2 N–H and O–H groups in total. The number of aliphatic hydroxyl groups excluding tert-OH is 1. The largest absolute Gasteiger partial charge is 0.392 e. The predicted molar refractivity (Wildman–Crippen MR) is 60.3 cm³/mol. The number of hydrogen-bond donors (Lipinski definition) is 2. The highest BCUT2D eigenvalue weighted by atomic mass is 16.3. The molecule has 0 fully saturated rings. The van der Waals surface area contributed by atoms with Crippen molar-refractivity contribution in [1.82, 2.24) is 0 Å². The van der Waals surface area contributed by atoms with Gasteiger partial charge in [-0.1, -0.05) is 32.4 Å². The lowest BCUT2D eigenvalue weighted by Gasteiger charge is -2.11. The Hall–Kier alpha value is -1.02. The van der Waals surface area contributed by atoms with Crippen LogP contribution in [0.15, 0.2) is 24.3 Å². The number of rotatable bonds is 5. The van der Waals surface area contributed by atoms with Crippen LogP contribution in [0.5, 0.6) is 0 Å².